The van der Waals surface area contributed by atoms with Crippen LogP contribution in [0.15, 0.2) is 12.3 Å². The highest BCUT2D eigenvalue weighted by molar-refractivity contribution is 5.04. The van der Waals surface area contributed by atoms with Gasteiger partial charge in [0.15, 0.2) is 0 Å². The third kappa shape index (κ3) is 2.25. The van der Waals surface area contributed by atoms with Gasteiger partial charge in [-0.25, -0.2) is 9.97 Å². The van der Waals surface area contributed by atoms with Gasteiger partial charge < -0.3 is 10.8 Å². The number of nitrogens with two attached hydrogens (primary N) is 1. The van der Waals surface area contributed by atoms with E-state index in [2.05, 4.69) is 9.97 Å². The Bertz CT molecular complexity index is 252. The molecule has 1 aromatic rings. The highest BCUT2D eigenvalue weighted by Gasteiger charge is 2.07. The number of rotatable bonds is 3. The van der Waals surface area contributed by atoms with Crippen molar-refractivity contribution in [3.63, 3.8) is 0 Å². The summed E-state index contributed by atoms with van der Waals surface area (Å²) < 4.78 is 0. The normalized spacial score (nSPS) is 12.9. The molecule has 1 aromatic heterocycles. The summed E-state index contributed by atoms with van der Waals surface area (Å²) in [6, 6.07) is 1.70. The number of aliphatic hydroxyl groups is 1. The van der Waals surface area contributed by atoms with Crippen LogP contribution in [0.3, 0.4) is 0 Å². The van der Waals surface area contributed by atoms with Crippen LogP contribution in [-0.4, -0.2) is 21.6 Å². The van der Waals surface area contributed by atoms with E-state index in [-0.39, 0.29) is 0 Å². The monoisotopic (exact) mass is 167 g/mol. The first-order valence-electron chi connectivity index (χ1n) is 3.91. The van der Waals surface area contributed by atoms with E-state index >= 15 is 0 Å². The van der Waals surface area contributed by atoms with E-state index < -0.39 is 6.10 Å². The second-order valence-corrected chi connectivity index (χ2v) is 2.62. The zero-order chi connectivity index (χ0) is 8.97. The van der Waals surface area contributed by atoms with Crippen molar-refractivity contribution in [3.8, 4) is 0 Å². The second-order valence-electron chi connectivity index (χ2n) is 2.62. The summed E-state index contributed by atoms with van der Waals surface area (Å²) in [5, 5.41) is 9.47. The number of aromatic nitrogens is 2. The summed E-state index contributed by atoms with van der Waals surface area (Å²) in [6.45, 7) is 2.25. The van der Waals surface area contributed by atoms with Crippen LogP contribution in [0.5, 0.6) is 0 Å². The van der Waals surface area contributed by atoms with Gasteiger partial charge in [0, 0.05) is 6.20 Å². The van der Waals surface area contributed by atoms with Crippen LogP contribution in [0.2, 0.25) is 0 Å². The predicted octanol–water partition coefficient (Wildman–Crippen LogP) is 0.167. The zero-order valence-corrected chi connectivity index (χ0v) is 7.07. The molecule has 1 rings (SSSR count). The number of aryl methyl sites for hydroxylation is 1. The molecule has 1 heterocycles. The maximum Gasteiger partial charge on any atom is 0.125 e. The fourth-order valence-electron chi connectivity index (χ4n) is 0.966. The molecule has 0 aromatic carbocycles. The van der Waals surface area contributed by atoms with Crippen molar-refractivity contribution in [2.24, 2.45) is 5.73 Å². The van der Waals surface area contributed by atoms with E-state index in [1.54, 1.807) is 19.2 Å². The molecule has 0 fully saturated rings. The molecule has 0 bridgehead atoms. The number of hydrogen-bond acceptors (Lipinski definition) is 4. The molecule has 0 aliphatic rings. The van der Waals surface area contributed by atoms with E-state index in [1.165, 1.54) is 0 Å². The van der Waals surface area contributed by atoms with E-state index in [0.29, 0.717) is 24.5 Å². The molecule has 0 amide bonds. The van der Waals surface area contributed by atoms with E-state index in [4.69, 9.17) is 5.73 Å². The van der Waals surface area contributed by atoms with Crippen molar-refractivity contribution in [2.75, 3.05) is 6.54 Å². The summed E-state index contributed by atoms with van der Waals surface area (Å²) in [6.07, 6.45) is 1.62. The average molecular weight is 167 g/mol. The maximum absolute atomic E-state index is 9.47. The van der Waals surface area contributed by atoms with Crippen LogP contribution in [0.25, 0.3) is 0 Å². The molecule has 1 atom stereocenters. The molecule has 12 heavy (non-hydrogen) atoms. The van der Waals surface area contributed by atoms with Crippen molar-refractivity contribution in [1.29, 1.82) is 0 Å². The molecule has 0 aliphatic carbocycles. The van der Waals surface area contributed by atoms with Crippen molar-refractivity contribution < 1.29 is 5.11 Å². The molecule has 3 N–H and O–H groups in total. The van der Waals surface area contributed by atoms with Gasteiger partial charge >= 0.3 is 0 Å². The fourth-order valence-corrected chi connectivity index (χ4v) is 0.966. The van der Waals surface area contributed by atoms with Gasteiger partial charge in [-0.15, -0.1) is 0 Å². The highest BCUT2D eigenvalue weighted by Crippen LogP contribution is 2.11. The fraction of sp³-hybridized carbons (Fsp3) is 0.500. The smallest absolute Gasteiger partial charge is 0.125 e. The van der Waals surface area contributed by atoms with E-state index in [0.717, 1.165) is 0 Å². The minimum atomic E-state index is -0.559. The lowest BCUT2D eigenvalue weighted by Crippen LogP contribution is -2.08. The van der Waals surface area contributed by atoms with Gasteiger partial charge in [-0.1, -0.05) is 0 Å². The van der Waals surface area contributed by atoms with Gasteiger partial charge in [0.2, 0.25) is 0 Å². The lowest BCUT2D eigenvalue weighted by molar-refractivity contribution is 0.165. The first-order valence-corrected chi connectivity index (χ1v) is 3.91. The standard InChI is InChI=1S/C8H13N3O/c1-6-10-5-3-7(11-6)8(12)2-4-9/h3,5,8,12H,2,4,9H2,1H3. The SMILES string of the molecule is Cc1nccc(C(O)CCN)n1. The molecule has 0 saturated heterocycles. The first kappa shape index (κ1) is 9.09. The largest absolute Gasteiger partial charge is 0.387 e. The number of nitrogens with zero attached hydrogens (tertiary/aromatic N) is 2. The molecular weight excluding hydrogens is 154 g/mol. The van der Waals surface area contributed by atoms with Gasteiger partial charge in [-0.05, 0) is 26.0 Å². The van der Waals surface area contributed by atoms with Crippen LogP contribution in [0, 0.1) is 6.92 Å². The minimum absolute atomic E-state index is 0.463. The van der Waals surface area contributed by atoms with Crippen LogP contribution in [0.4, 0.5) is 0 Å². The lowest BCUT2D eigenvalue weighted by Gasteiger charge is -2.07. The predicted molar refractivity (Wildman–Crippen MR) is 45.4 cm³/mol. The maximum atomic E-state index is 9.47. The summed E-state index contributed by atoms with van der Waals surface area (Å²) in [5.41, 5.74) is 5.95. The molecule has 66 valence electrons. The van der Waals surface area contributed by atoms with E-state index in [9.17, 15) is 5.11 Å². The molecule has 0 spiro atoms. The van der Waals surface area contributed by atoms with Gasteiger partial charge in [0.25, 0.3) is 0 Å². The third-order valence-electron chi connectivity index (χ3n) is 1.58. The second kappa shape index (κ2) is 4.13. The van der Waals surface area contributed by atoms with Crippen LogP contribution >= 0.6 is 0 Å². The zero-order valence-electron chi connectivity index (χ0n) is 7.07. The Morgan fingerprint density at radius 2 is 2.42 bits per heavy atom. The van der Waals surface area contributed by atoms with Crippen LogP contribution in [0.1, 0.15) is 24.0 Å². The molecule has 0 radical (unpaired) electrons. The molecule has 0 aliphatic heterocycles. The van der Waals surface area contributed by atoms with Crippen LogP contribution in [-0.2, 0) is 0 Å². The summed E-state index contributed by atoms with van der Waals surface area (Å²) >= 11 is 0. The summed E-state index contributed by atoms with van der Waals surface area (Å²) in [4.78, 5) is 8.00. The quantitative estimate of drug-likeness (QED) is 0.673. The summed E-state index contributed by atoms with van der Waals surface area (Å²) in [7, 11) is 0. The molecule has 4 nitrogen and oxygen atoms in total. The molecule has 4 heteroatoms. The Morgan fingerprint density at radius 1 is 1.67 bits per heavy atom. The van der Waals surface area contributed by atoms with Gasteiger partial charge in [0.05, 0.1) is 11.8 Å². The molecule has 0 saturated carbocycles. The van der Waals surface area contributed by atoms with Gasteiger partial charge in [-0.2, -0.15) is 0 Å². The lowest BCUT2D eigenvalue weighted by atomic mass is 10.2. The van der Waals surface area contributed by atoms with Crippen molar-refractivity contribution in [1.82, 2.24) is 9.97 Å². The Kier molecular flexibility index (Phi) is 3.13. The average Bonchev–Trinajstić information content (AvgIpc) is 2.05. The van der Waals surface area contributed by atoms with Gasteiger partial charge in [-0.3, -0.25) is 0 Å². The Labute approximate surface area is 71.5 Å². The minimum Gasteiger partial charge on any atom is -0.387 e. The Balaban J connectivity index is 2.73. The topological polar surface area (TPSA) is 72.0 Å². The Morgan fingerprint density at radius 3 is 3.00 bits per heavy atom. The Hall–Kier alpha value is -1.00. The number of aliphatic hydroxyl groups excluding tert-OH is 1. The van der Waals surface area contributed by atoms with Crippen molar-refractivity contribution in [3.05, 3.63) is 23.8 Å². The molecule has 1 unspecified atom stereocenters. The molecular formula is C8H13N3O. The summed E-state index contributed by atoms with van der Waals surface area (Å²) in [5.74, 6) is 0.670. The highest BCUT2D eigenvalue weighted by atomic mass is 16.3. The third-order valence-corrected chi connectivity index (χ3v) is 1.58. The van der Waals surface area contributed by atoms with Crippen molar-refractivity contribution >= 4 is 0 Å². The van der Waals surface area contributed by atoms with E-state index in [1.807, 2.05) is 0 Å². The number of hydrogen-bond donors (Lipinski definition) is 2. The van der Waals surface area contributed by atoms with Crippen LogP contribution < -0.4 is 5.73 Å². The van der Waals surface area contributed by atoms with Crippen molar-refractivity contribution in [2.45, 2.75) is 19.4 Å². The first-order chi connectivity index (χ1) is 5.74. The van der Waals surface area contributed by atoms with Gasteiger partial charge in [0.1, 0.15) is 5.82 Å².